The van der Waals surface area contributed by atoms with Crippen molar-refractivity contribution in [3.63, 3.8) is 0 Å². The summed E-state index contributed by atoms with van der Waals surface area (Å²) < 4.78 is 30.5. The van der Waals surface area contributed by atoms with Gasteiger partial charge in [0.25, 0.3) is 5.91 Å². The lowest BCUT2D eigenvalue weighted by Crippen LogP contribution is -2.27. The van der Waals surface area contributed by atoms with Crippen molar-refractivity contribution in [2.75, 3.05) is 22.4 Å². The van der Waals surface area contributed by atoms with Crippen LogP contribution >= 0.6 is 0 Å². The molecule has 140 valence electrons. The molecule has 2 heterocycles. The van der Waals surface area contributed by atoms with E-state index in [9.17, 15) is 13.2 Å². The van der Waals surface area contributed by atoms with E-state index >= 15 is 0 Å². The third kappa shape index (κ3) is 3.33. The number of hydrogen-bond acceptors (Lipinski definition) is 5. The van der Waals surface area contributed by atoms with Crippen LogP contribution < -0.4 is 9.62 Å². The lowest BCUT2D eigenvalue weighted by molar-refractivity contribution is 0.102. The average Bonchev–Trinajstić information content (AvgIpc) is 3.09. The number of nitrogens with zero attached hydrogens (tertiary/aromatic N) is 2. The van der Waals surface area contributed by atoms with Gasteiger partial charge in [0, 0.05) is 17.6 Å². The first-order chi connectivity index (χ1) is 12.0. The summed E-state index contributed by atoms with van der Waals surface area (Å²) in [6.07, 6.45) is 1.85. The molecule has 0 atom stereocenters. The van der Waals surface area contributed by atoms with Crippen molar-refractivity contribution in [2.45, 2.75) is 39.5 Å². The highest BCUT2D eigenvalue weighted by molar-refractivity contribution is 7.92. The SMILES string of the molecule is Cc1onc(C(C)(C)C)c1C(=O)Nc1ccc2c(c1)N(S(C)(=O)=O)CC2. The summed E-state index contributed by atoms with van der Waals surface area (Å²) in [5, 5.41) is 6.87. The van der Waals surface area contributed by atoms with Crippen LogP contribution in [-0.4, -0.2) is 32.3 Å². The van der Waals surface area contributed by atoms with Crippen molar-refractivity contribution in [1.29, 1.82) is 0 Å². The molecule has 0 radical (unpaired) electrons. The normalized spacial score (nSPS) is 14.4. The van der Waals surface area contributed by atoms with Gasteiger partial charge in [-0.25, -0.2) is 8.42 Å². The number of fused-ring (bicyclic) bond motifs is 1. The van der Waals surface area contributed by atoms with E-state index in [4.69, 9.17) is 4.52 Å². The molecule has 0 fully saturated rings. The number of amides is 1. The number of benzene rings is 1. The van der Waals surface area contributed by atoms with Crippen LogP contribution in [0.2, 0.25) is 0 Å². The van der Waals surface area contributed by atoms with Gasteiger partial charge in [0.1, 0.15) is 17.0 Å². The summed E-state index contributed by atoms with van der Waals surface area (Å²) in [7, 11) is -3.34. The fourth-order valence-electron chi connectivity index (χ4n) is 3.12. The molecule has 0 aliphatic carbocycles. The summed E-state index contributed by atoms with van der Waals surface area (Å²) in [6, 6.07) is 5.32. The van der Waals surface area contributed by atoms with Crippen molar-refractivity contribution in [3.8, 4) is 0 Å². The molecule has 8 heteroatoms. The number of sulfonamides is 1. The molecule has 26 heavy (non-hydrogen) atoms. The minimum absolute atomic E-state index is 0.322. The van der Waals surface area contributed by atoms with Crippen molar-refractivity contribution >= 4 is 27.3 Å². The first kappa shape index (κ1) is 18.4. The van der Waals surface area contributed by atoms with E-state index in [1.807, 2.05) is 26.8 Å². The van der Waals surface area contributed by atoms with E-state index < -0.39 is 10.0 Å². The van der Waals surface area contributed by atoms with E-state index in [-0.39, 0.29) is 11.3 Å². The Hall–Kier alpha value is -2.35. The maximum atomic E-state index is 12.8. The predicted molar refractivity (Wildman–Crippen MR) is 100 cm³/mol. The Balaban J connectivity index is 1.92. The van der Waals surface area contributed by atoms with E-state index in [0.29, 0.717) is 41.4 Å². The fourth-order valence-corrected chi connectivity index (χ4v) is 4.07. The lowest BCUT2D eigenvalue weighted by atomic mass is 9.88. The first-order valence-corrected chi connectivity index (χ1v) is 10.2. The highest BCUT2D eigenvalue weighted by Crippen LogP contribution is 2.33. The standard InChI is InChI=1S/C18H23N3O4S/c1-11-15(16(20-25-11)18(2,3)4)17(22)19-13-7-6-12-8-9-21(14(12)10-13)26(5,23)24/h6-7,10H,8-9H2,1-5H3,(H,19,22). The third-order valence-electron chi connectivity index (χ3n) is 4.40. The Bertz CT molecular complexity index is 971. The molecule has 1 aliphatic heterocycles. The molecule has 1 aliphatic rings. The van der Waals surface area contributed by atoms with Crippen LogP contribution in [0.4, 0.5) is 11.4 Å². The summed E-state index contributed by atoms with van der Waals surface area (Å²) in [5.41, 5.74) is 2.76. The van der Waals surface area contributed by atoms with Crippen LogP contribution in [0.5, 0.6) is 0 Å². The number of hydrogen-bond donors (Lipinski definition) is 1. The van der Waals surface area contributed by atoms with Gasteiger partial charge < -0.3 is 9.84 Å². The van der Waals surface area contributed by atoms with Gasteiger partial charge in [-0.15, -0.1) is 0 Å². The second-order valence-electron chi connectivity index (χ2n) is 7.60. The second-order valence-corrected chi connectivity index (χ2v) is 9.50. The highest BCUT2D eigenvalue weighted by atomic mass is 32.2. The molecule has 2 aromatic rings. The Morgan fingerprint density at radius 1 is 1.31 bits per heavy atom. The first-order valence-electron chi connectivity index (χ1n) is 8.37. The van der Waals surface area contributed by atoms with Crippen LogP contribution in [0.15, 0.2) is 22.7 Å². The zero-order valence-electron chi connectivity index (χ0n) is 15.6. The number of aryl methyl sites for hydroxylation is 1. The summed E-state index contributed by atoms with van der Waals surface area (Å²) >= 11 is 0. The van der Waals surface area contributed by atoms with Gasteiger partial charge in [0.2, 0.25) is 10.0 Å². The van der Waals surface area contributed by atoms with E-state index in [1.165, 1.54) is 10.6 Å². The minimum atomic E-state index is -3.34. The molecule has 1 aromatic heterocycles. The van der Waals surface area contributed by atoms with Crippen LogP contribution in [0, 0.1) is 6.92 Å². The summed E-state index contributed by atoms with van der Waals surface area (Å²) in [6.45, 7) is 8.00. The Labute approximate surface area is 153 Å². The molecular weight excluding hydrogens is 354 g/mol. The van der Waals surface area contributed by atoms with Gasteiger partial charge in [0.15, 0.2) is 0 Å². The molecular formula is C18H23N3O4S. The number of rotatable bonds is 3. The average molecular weight is 377 g/mol. The van der Waals surface area contributed by atoms with Crippen LogP contribution in [0.1, 0.15) is 48.1 Å². The largest absolute Gasteiger partial charge is 0.361 e. The van der Waals surface area contributed by atoms with E-state index in [0.717, 1.165) is 5.56 Å². The Morgan fingerprint density at radius 3 is 2.62 bits per heavy atom. The lowest BCUT2D eigenvalue weighted by Gasteiger charge is -2.18. The predicted octanol–water partition coefficient (Wildman–Crippen LogP) is 2.85. The molecule has 0 saturated heterocycles. The highest BCUT2D eigenvalue weighted by Gasteiger charge is 2.30. The van der Waals surface area contributed by atoms with Gasteiger partial charge in [-0.05, 0) is 31.0 Å². The van der Waals surface area contributed by atoms with E-state index in [1.54, 1.807) is 19.1 Å². The monoisotopic (exact) mass is 377 g/mol. The molecule has 0 spiro atoms. The smallest absolute Gasteiger partial charge is 0.261 e. The molecule has 0 bridgehead atoms. The van der Waals surface area contributed by atoms with Gasteiger partial charge in [-0.2, -0.15) is 0 Å². The summed E-state index contributed by atoms with van der Waals surface area (Å²) in [4.78, 5) is 12.8. The van der Waals surface area contributed by atoms with Gasteiger partial charge in [-0.1, -0.05) is 32.0 Å². The Morgan fingerprint density at radius 2 is 2.00 bits per heavy atom. The van der Waals surface area contributed by atoms with Crippen molar-refractivity contribution < 1.29 is 17.7 Å². The fraction of sp³-hybridized carbons (Fsp3) is 0.444. The molecule has 1 amide bonds. The Kier molecular flexibility index (Phi) is 4.34. The van der Waals surface area contributed by atoms with Crippen LogP contribution in [0.25, 0.3) is 0 Å². The minimum Gasteiger partial charge on any atom is -0.361 e. The van der Waals surface area contributed by atoms with Crippen molar-refractivity contribution in [2.24, 2.45) is 0 Å². The van der Waals surface area contributed by atoms with Crippen LogP contribution in [0.3, 0.4) is 0 Å². The number of carbonyl (C=O) groups is 1. The molecule has 1 N–H and O–H groups in total. The maximum absolute atomic E-state index is 12.8. The van der Waals surface area contributed by atoms with Crippen molar-refractivity contribution in [1.82, 2.24) is 5.16 Å². The number of carbonyl (C=O) groups excluding carboxylic acids is 1. The number of nitrogens with one attached hydrogen (secondary N) is 1. The zero-order chi connectivity index (χ0) is 19.3. The second kappa shape index (κ2) is 6.12. The van der Waals surface area contributed by atoms with Crippen LogP contribution in [-0.2, 0) is 21.9 Å². The number of anilines is 2. The van der Waals surface area contributed by atoms with Crippen molar-refractivity contribution in [3.05, 3.63) is 40.8 Å². The van der Waals surface area contributed by atoms with Gasteiger partial charge in [0.05, 0.1) is 11.9 Å². The summed E-state index contributed by atoms with van der Waals surface area (Å²) in [5.74, 6) is 0.129. The molecule has 1 aromatic carbocycles. The maximum Gasteiger partial charge on any atom is 0.261 e. The molecule has 3 rings (SSSR count). The number of aromatic nitrogens is 1. The third-order valence-corrected chi connectivity index (χ3v) is 5.58. The van der Waals surface area contributed by atoms with Gasteiger partial charge in [-0.3, -0.25) is 9.10 Å². The van der Waals surface area contributed by atoms with Gasteiger partial charge >= 0.3 is 0 Å². The molecule has 0 unspecified atom stereocenters. The van der Waals surface area contributed by atoms with E-state index in [2.05, 4.69) is 10.5 Å². The molecule has 0 saturated carbocycles. The topological polar surface area (TPSA) is 92.5 Å². The molecule has 7 nitrogen and oxygen atoms in total. The quantitative estimate of drug-likeness (QED) is 0.888. The zero-order valence-corrected chi connectivity index (χ0v) is 16.4.